The first-order chi connectivity index (χ1) is 12.0. The number of hydrogen-bond donors (Lipinski definition) is 0. The van der Waals surface area contributed by atoms with Gasteiger partial charge in [0.25, 0.3) is 0 Å². The number of amides is 2. The molecule has 2 fully saturated rings. The van der Waals surface area contributed by atoms with E-state index in [9.17, 15) is 14.4 Å². The fourth-order valence-corrected chi connectivity index (χ4v) is 3.31. The molecule has 0 N–H and O–H groups in total. The first-order valence-electron chi connectivity index (χ1n) is 8.22. The molecule has 3 rings (SSSR count). The van der Waals surface area contributed by atoms with Crippen molar-refractivity contribution >= 4 is 18.0 Å². The summed E-state index contributed by atoms with van der Waals surface area (Å²) in [5.41, 5.74) is 0.739. The minimum absolute atomic E-state index is 0.00942. The Bertz CT molecular complexity index is 665. The molecule has 0 spiro atoms. The average molecular weight is 351 g/mol. The van der Waals surface area contributed by atoms with E-state index in [1.54, 1.807) is 17.9 Å². The Balaban J connectivity index is 1.56. The van der Waals surface area contributed by atoms with Crippen molar-refractivity contribution in [3.8, 4) is 0 Å². The van der Waals surface area contributed by atoms with Crippen LogP contribution in [-0.4, -0.2) is 71.8 Å². The smallest absolute Gasteiger partial charge is 0.410 e. The van der Waals surface area contributed by atoms with E-state index in [1.165, 1.54) is 12.0 Å². The maximum absolute atomic E-state index is 12.3. The molecule has 3 heterocycles. The van der Waals surface area contributed by atoms with Gasteiger partial charge < -0.3 is 18.9 Å². The zero-order chi connectivity index (χ0) is 18.0. The van der Waals surface area contributed by atoms with Crippen LogP contribution in [-0.2, 0) is 25.5 Å². The molecule has 1 aromatic rings. The molecule has 2 amide bonds. The Kier molecular flexibility index (Phi) is 4.91. The zero-order valence-corrected chi connectivity index (χ0v) is 14.3. The highest BCUT2D eigenvalue weighted by molar-refractivity contribution is 5.84. The van der Waals surface area contributed by atoms with Crippen LogP contribution < -0.4 is 0 Å². The van der Waals surface area contributed by atoms with E-state index in [-0.39, 0.29) is 25.0 Å². The highest BCUT2D eigenvalue weighted by Gasteiger charge is 2.44. The van der Waals surface area contributed by atoms with E-state index >= 15 is 0 Å². The number of esters is 1. The molecule has 0 radical (unpaired) electrons. The summed E-state index contributed by atoms with van der Waals surface area (Å²) in [5, 5.41) is 3.77. The number of nitrogens with zero attached hydrogens (tertiary/aromatic N) is 3. The molecule has 2 saturated heterocycles. The van der Waals surface area contributed by atoms with Crippen LogP contribution in [0, 0.1) is 6.92 Å². The molecule has 0 saturated carbocycles. The van der Waals surface area contributed by atoms with E-state index in [1.807, 2.05) is 0 Å². The second kappa shape index (κ2) is 7.12. The van der Waals surface area contributed by atoms with Crippen molar-refractivity contribution in [1.29, 1.82) is 0 Å². The summed E-state index contributed by atoms with van der Waals surface area (Å²) in [6.45, 7) is 2.83. The average Bonchev–Trinajstić information content (AvgIpc) is 3.20. The second-order valence-corrected chi connectivity index (χ2v) is 6.25. The van der Waals surface area contributed by atoms with Crippen molar-refractivity contribution in [1.82, 2.24) is 15.0 Å². The van der Waals surface area contributed by atoms with Gasteiger partial charge in [-0.15, -0.1) is 0 Å². The number of piperidine rings is 1. The van der Waals surface area contributed by atoms with Crippen LogP contribution in [0.15, 0.2) is 10.6 Å². The van der Waals surface area contributed by atoms with Gasteiger partial charge in [-0.3, -0.25) is 9.69 Å². The molecule has 2 aliphatic rings. The normalized spacial score (nSPS) is 21.4. The van der Waals surface area contributed by atoms with Gasteiger partial charge in [0.1, 0.15) is 12.4 Å². The van der Waals surface area contributed by atoms with E-state index in [0.717, 1.165) is 5.69 Å². The van der Waals surface area contributed by atoms with Gasteiger partial charge in [-0.05, 0) is 19.8 Å². The summed E-state index contributed by atoms with van der Waals surface area (Å²) in [6, 6.07) is 0.892. The molecule has 1 unspecified atom stereocenters. The topological polar surface area (TPSA) is 102 Å². The lowest BCUT2D eigenvalue weighted by Crippen LogP contribution is -2.52. The van der Waals surface area contributed by atoms with E-state index in [2.05, 4.69) is 5.16 Å². The fraction of sp³-hybridized carbons (Fsp3) is 0.625. The first kappa shape index (κ1) is 17.2. The van der Waals surface area contributed by atoms with E-state index < -0.39 is 18.1 Å². The standard InChI is InChI=1S/C16H21N3O6/c1-10-7-12(25-17-10)8-14(20)18-5-3-11(4-6-18)19-13(15(21)23-2)9-24-16(19)22/h7,11,13H,3-6,8-9H2,1-2H3. The predicted molar refractivity (Wildman–Crippen MR) is 83.5 cm³/mol. The molecule has 0 aromatic carbocycles. The van der Waals surface area contributed by atoms with E-state index in [0.29, 0.717) is 31.7 Å². The van der Waals surface area contributed by atoms with Crippen LogP contribution in [0.5, 0.6) is 0 Å². The van der Waals surface area contributed by atoms with Gasteiger partial charge in [-0.25, -0.2) is 9.59 Å². The number of carbonyl (C=O) groups is 3. The molecule has 0 bridgehead atoms. The molecule has 9 nitrogen and oxygen atoms in total. The first-order valence-corrected chi connectivity index (χ1v) is 8.22. The lowest BCUT2D eigenvalue weighted by atomic mass is 10.0. The SMILES string of the molecule is COC(=O)C1COC(=O)N1C1CCN(C(=O)Cc2cc(C)no2)CC1. The number of methoxy groups -OCH3 is 1. The van der Waals surface area contributed by atoms with Crippen molar-refractivity contribution in [2.45, 2.75) is 38.3 Å². The Morgan fingerprint density at radius 2 is 2.08 bits per heavy atom. The number of aryl methyl sites for hydroxylation is 1. The zero-order valence-electron chi connectivity index (χ0n) is 14.3. The number of aromatic nitrogens is 1. The van der Waals surface area contributed by atoms with Crippen LogP contribution in [0.1, 0.15) is 24.3 Å². The van der Waals surface area contributed by atoms with Gasteiger partial charge in [0.15, 0.2) is 6.04 Å². The monoisotopic (exact) mass is 351 g/mol. The summed E-state index contributed by atoms with van der Waals surface area (Å²) in [6.07, 6.45) is 0.840. The lowest BCUT2D eigenvalue weighted by molar-refractivity contribution is -0.146. The van der Waals surface area contributed by atoms with Gasteiger partial charge in [-0.2, -0.15) is 0 Å². The Morgan fingerprint density at radius 1 is 1.36 bits per heavy atom. The highest BCUT2D eigenvalue weighted by atomic mass is 16.6. The maximum atomic E-state index is 12.3. The van der Waals surface area contributed by atoms with Crippen LogP contribution in [0.2, 0.25) is 0 Å². The van der Waals surface area contributed by atoms with Gasteiger partial charge in [0, 0.05) is 25.2 Å². The summed E-state index contributed by atoms with van der Waals surface area (Å²) in [7, 11) is 1.29. The largest absolute Gasteiger partial charge is 0.467 e. The molecule has 2 aliphatic heterocycles. The number of cyclic esters (lactones) is 1. The fourth-order valence-electron chi connectivity index (χ4n) is 3.31. The lowest BCUT2D eigenvalue weighted by Gasteiger charge is -2.37. The quantitative estimate of drug-likeness (QED) is 0.728. The Labute approximate surface area is 144 Å². The molecule has 25 heavy (non-hydrogen) atoms. The Hall–Kier alpha value is -2.58. The van der Waals surface area contributed by atoms with Crippen LogP contribution >= 0.6 is 0 Å². The Morgan fingerprint density at radius 3 is 2.68 bits per heavy atom. The van der Waals surface area contributed by atoms with Gasteiger partial charge in [0.2, 0.25) is 5.91 Å². The molecule has 136 valence electrons. The number of likely N-dealkylation sites (tertiary alicyclic amines) is 1. The molecule has 1 atom stereocenters. The van der Waals surface area contributed by atoms with Gasteiger partial charge >= 0.3 is 12.1 Å². The maximum Gasteiger partial charge on any atom is 0.410 e. The van der Waals surface area contributed by atoms with Crippen molar-refractivity contribution in [3.05, 3.63) is 17.5 Å². The van der Waals surface area contributed by atoms with Gasteiger partial charge in [0.05, 0.1) is 19.2 Å². The summed E-state index contributed by atoms with van der Waals surface area (Å²) in [4.78, 5) is 39.3. The van der Waals surface area contributed by atoms with Crippen molar-refractivity contribution in [2.75, 3.05) is 26.8 Å². The van der Waals surface area contributed by atoms with Crippen LogP contribution in [0.3, 0.4) is 0 Å². The number of hydrogen-bond acceptors (Lipinski definition) is 7. The molecular formula is C16H21N3O6. The second-order valence-electron chi connectivity index (χ2n) is 6.25. The highest BCUT2D eigenvalue weighted by Crippen LogP contribution is 2.25. The number of rotatable bonds is 4. The third-order valence-corrected chi connectivity index (χ3v) is 4.60. The van der Waals surface area contributed by atoms with Gasteiger partial charge in [-0.1, -0.05) is 5.16 Å². The van der Waals surface area contributed by atoms with Crippen LogP contribution in [0.25, 0.3) is 0 Å². The summed E-state index contributed by atoms with van der Waals surface area (Å²) in [5.74, 6) is 0.0201. The molecule has 9 heteroatoms. The van der Waals surface area contributed by atoms with Crippen LogP contribution in [0.4, 0.5) is 4.79 Å². The minimum atomic E-state index is -0.707. The molecule has 0 aliphatic carbocycles. The van der Waals surface area contributed by atoms with Crippen molar-refractivity contribution in [3.63, 3.8) is 0 Å². The van der Waals surface area contributed by atoms with E-state index in [4.69, 9.17) is 14.0 Å². The minimum Gasteiger partial charge on any atom is -0.467 e. The predicted octanol–water partition coefficient (Wildman–Crippen LogP) is 0.510. The third-order valence-electron chi connectivity index (χ3n) is 4.60. The van der Waals surface area contributed by atoms with Crippen molar-refractivity contribution < 1.29 is 28.4 Å². The number of ether oxygens (including phenoxy) is 2. The third kappa shape index (κ3) is 3.59. The number of carbonyl (C=O) groups excluding carboxylic acids is 3. The molecule has 1 aromatic heterocycles. The summed E-state index contributed by atoms with van der Waals surface area (Å²) < 4.78 is 14.8. The molecular weight excluding hydrogens is 330 g/mol. The summed E-state index contributed by atoms with van der Waals surface area (Å²) >= 11 is 0. The van der Waals surface area contributed by atoms with Crippen molar-refractivity contribution in [2.24, 2.45) is 0 Å².